The normalized spacial score (nSPS) is 10.6. The topological polar surface area (TPSA) is 69.2 Å². The lowest BCUT2D eigenvalue weighted by Crippen LogP contribution is -2.24. The molecule has 0 aliphatic carbocycles. The van der Waals surface area contributed by atoms with Gasteiger partial charge in [0.1, 0.15) is 17.2 Å². The van der Waals surface area contributed by atoms with E-state index in [2.05, 4.69) is 10.5 Å². The van der Waals surface area contributed by atoms with Crippen molar-refractivity contribution in [3.8, 4) is 17.2 Å². The van der Waals surface area contributed by atoms with Crippen molar-refractivity contribution in [3.05, 3.63) is 52.5 Å². The maximum atomic E-state index is 11.8. The molecule has 0 aromatic heterocycles. The lowest BCUT2D eigenvalue weighted by molar-refractivity contribution is -0.123. The number of hydrogen-bond donors (Lipinski definition) is 1. The first-order chi connectivity index (χ1) is 12.0. The molecule has 0 aliphatic heterocycles. The second-order valence-corrected chi connectivity index (χ2v) is 5.54. The third kappa shape index (κ3) is 5.39. The van der Waals surface area contributed by atoms with Crippen LogP contribution in [0, 0.1) is 6.92 Å². The number of nitrogens with zero attached hydrogens (tertiary/aromatic N) is 1. The van der Waals surface area contributed by atoms with E-state index in [9.17, 15) is 4.79 Å². The summed E-state index contributed by atoms with van der Waals surface area (Å²) < 4.78 is 15.8. The van der Waals surface area contributed by atoms with Gasteiger partial charge in [-0.3, -0.25) is 4.79 Å². The molecule has 0 fully saturated rings. The summed E-state index contributed by atoms with van der Waals surface area (Å²) in [6.45, 7) is 1.70. The van der Waals surface area contributed by atoms with Gasteiger partial charge in [-0.15, -0.1) is 0 Å². The van der Waals surface area contributed by atoms with E-state index >= 15 is 0 Å². The van der Waals surface area contributed by atoms with Crippen molar-refractivity contribution >= 4 is 23.7 Å². The van der Waals surface area contributed by atoms with Crippen molar-refractivity contribution < 1.29 is 19.0 Å². The van der Waals surface area contributed by atoms with Crippen LogP contribution in [0.1, 0.15) is 11.1 Å². The van der Waals surface area contributed by atoms with Gasteiger partial charge >= 0.3 is 0 Å². The Bertz CT molecular complexity index is 778. The van der Waals surface area contributed by atoms with Crippen molar-refractivity contribution in [2.45, 2.75) is 6.92 Å². The van der Waals surface area contributed by atoms with Crippen LogP contribution in [-0.4, -0.2) is 32.9 Å². The summed E-state index contributed by atoms with van der Waals surface area (Å²) in [7, 11) is 3.12. The number of halogens is 1. The van der Waals surface area contributed by atoms with Gasteiger partial charge in [-0.1, -0.05) is 11.6 Å². The Kier molecular flexibility index (Phi) is 6.65. The molecule has 0 saturated heterocycles. The Labute approximate surface area is 151 Å². The zero-order valence-corrected chi connectivity index (χ0v) is 15.0. The number of hydrazone groups is 1. The summed E-state index contributed by atoms with van der Waals surface area (Å²) in [6.07, 6.45) is 1.49. The molecule has 2 aromatic carbocycles. The Hall–Kier alpha value is -2.73. The number of nitrogens with one attached hydrogen (secondary N) is 1. The molecule has 132 valence electrons. The molecule has 0 atom stereocenters. The van der Waals surface area contributed by atoms with Crippen LogP contribution in [-0.2, 0) is 4.79 Å². The number of benzene rings is 2. The van der Waals surface area contributed by atoms with Crippen LogP contribution in [0.25, 0.3) is 0 Å². The van der Waals surface area contributed by atoms with E-state index in [0.29, 0.717) is 27.8 Å². The summed E-state index contributed by atoms with van der Waals surface area (Å²) in [4.78, 5) is 11.8. The smallest absolute Gasteiger partial charge is 0.277 e. The van der Waals surface area contributed by atoms with Gasteiger partial charge in [0.15, 0.2) is 6.61 Å². The largest absolute Gasteiger partial charge is 0.497 e. The fourth-order valence-corrected chi connectivity index (χ4v) is 2.28. The van der Waals surface area contributed by atoms with Crippen molar-refractivity contribution in [3.63, 3.8) is 0 Å². The van der Waals surface area contributed by atoms with E-state index in [4.69, 9.17) is 25.8 Å². The third-order valence-electron chi connectivity index (χ3n) is 3.33. The first kappa shape index (κ1) is 18.6. The lowest BCUT2D eigenvalue weighted by Gasteiger charge is -2.08. The summed E-state index contributed by atoms with van der Waals surface area (Å²) in [5.41, 5.74) is 3.96. The van der Waals surface area contributed by atoms with Gasteiger partial charge in [-0.25, -0.2) is 5.43 Å². The molecule has 7 heteroatoms. The number of carbonyl (C=O) groups excluding carboxylic acids is 1. The summed E-state index contributed by atoms with van der Waals surface area (Å²) >= 11 is 5.88. The molecule has 0 spiro atoms. The van der Waals surface area contributed by atoms with Crippen LogP contribution in [0.2, 0.25) is 5.02 Å². The molecule has 0 unspecified atom stereocenters. The van der Waals surface area contributed by atoms with Gasteiger partial charge in [0.05, 0.1) is 20.4 Å². The predicted molar refractivity (Wildman–Crippen MR) is 97.0 cm³/mol. The number of methoxy groups -OCH3 is 2. The van der Waals surface area contributed by atoms with E-state index < -0.39 is 0 Å². The van der Waals surface area contributed by atoms with Gasteiger partial charge in [0.2, 0.25) is 0 Å². The molecule has 2 aromatic rings. The first-order valence-electron chi connectivity index (χ1n) is 7.46. The quantitative estimate of drug-likeness (QED) is 0.606. The fraction of sp³-hybridized carbons (Fsp3) is 0.222. The molecule has 25 heavy (non-hydrogen) atoms. The number of amides is 1. The Morgan fingerprint density at radius 1 is 1.16 bits per heavy atom. The zero-order valence-electron chi connectivity index (χ0n) is 14.2. The predicted octanol–water partition coefficient (Wildman–Crippen LogP) is 3.19. The maximum Gasteiger partial charge on any atom is 0.277 e. The molecule has 0 aliphatic rings. The molecular weight excluding hydrogens is 344 g/mol. The number of hydrogen-bond acceptors (Lipinski definition) is 5. The third-order valence-corrected chi connectivity index (χ3v) is 3.56. The van der Waals surface area contributed by atoms with Crippen LogP contribution >= 0.6 is 11.6 Å². The minimum absolute atomic E-state index is 0.153. The van der Waals surface area contributed by atoms with Gasteiger partial charge in [0.25, 0.3) is 5.91 Å². The summed E-state index contributed by atoms with van der Waals surface area (Å²) in [5, 5.41) is 4.53. The van der Waals surface area contributed by atoms with E-state index in [1.807, 2.05) is 6.92 Å². The van der Waals surface area contributed by atoms with Crippen molar-refractivity contribution in [1.29, 1.82) is 0 Å². The first-order valence-corrected chi connectivity index (χ1v) is 7.84. The highest BCUT2D eigenvalue weighted by molar-refractivity contribution is 6.30. The number of carbonyl (C=O) groups is 1. The highest BCUT2D eigenvalue weighted by atomic mass is 35.5. The SMILES string of the molecule is COc1ccc(C=NNC(=O)COc2ccc(Cl)cc2C)c(OC)c1. The van der Waals surface area contributed by atoms with Gasteiger partial charge in [0, 0.05) is 16.7 Å². The molecule has 1 N–H and O–H groups in total. The molecule has 0 bridgehead atoms. The highest BCUT2D eigenvalue weighted by Crippen LogP contribution is 2.23. The monoisotopic (exact) mass is 362 g/mol. The molecule has 0 heterocycles. The van der Waals surface area contributed by atoms with Crippen molar-refractivity contribution in [2.24, 2.45) is 5.10 Å². The van der Waals surface area contributed by atoms with Crippen molar-refractivity contribution in [2.75, 3.05) is 20.8 Å². The van der Waals surface area contributed by atoms with Crippen LogP contribution in [0.5, 0.6) is 17.2 Å². The number of aryl methyl sites for hydroxylation is 1. The van der Waals surface area contributed by atoms with E-state index in [1.165, 1.54) is 6.21 Å². The minimum Gasteiger partial charge on any atom is -0.497 e. The average Bonchev–Trinajstić information content (AvgIpc) is 2.61. The van der Waals surface area contributed by atoms with E-state index in [0.717, 1.165) is 5.56 Å². The van der Waals surface area contributed by atoms with Crippen LogP contribution < -0.4 is 19.6 Å². The van der Waals surface area contributed by atoms with Gasteiger partial charge in [-0.05, 0) is 42.8 Å². The lowest BCUT2D eigenvalue weighted by atomic mass is 10.2. The Balaban J connectivity index is 1.90. The second-order valence-electron chi connectivity index (χ2n) is 5.10. The fourth-order valence-electron chi connectivity index (χ4n) is 2.05. The molecule has 0 radical (unpaired) electrons. The molecular formula is C18H19ClN2O4. The minimum atomic E-state index is -0.377. The zero-order chi connectivity index (χ0) is 18.2. The highest BCUT2D eigenvalue weighted by Gasteiger charge is 2.06. The van der Waals surface area contributed by atoms with Crippen LogP contribution in [0.15, 0.2) is 41.5 Å². The number of rotatable bonds is 7. The number of ether oxygens (including phenoxy) is 3. The average molecular weight is 363 g/mol. The van der Waals surface area contributed by atoms with Crippen molar-refractivity contribution in [1.82, 2.24) is 5.43 Å². The van der Waals surface area contributed by atoms with E-state index in [1.54, 1.807) is 50.6 Å². The summed E-state index contributed by atoms with van der Waals surface area (Å²) in [6, 6.07) is 10.5. The van der Waals surface area contributed by atoms with E-state index in [-0.39, 0.29) is 12.5 Å². The molecule has 6 nitrogen and oxygen atoms in total. The van der Waals surface area contributed by atoms with Crippen LogP contribution in [0.3, 0.4) is 0 Å². The second kappa shape index (κ2) is 8.94. The van der Waals surface area contributed by atoms with Gasteiger partial charge < -0.3 is 14.2 Å². The van der Waals surface area contributed by atoms with Crippen LogP contribution in [0.4, 0.5) is 0 Å². The Morgan fingerprint density at radius 2 is 1.96 bits per heavy atom. The van der Waals surface area contributed by atoms with Gasteiger partial charge in [-0.2, -0.15) is 5.10 Å². The molecule has 2 rings (SSSR count). The Morgan fingerprint density at radius 3 is 2.64 bits per heavy atom. The maximum absolute atomic E-state index is 11.8. The standard InChI is InChI=1S/C18H19ClN2O4/c1-12-8-14(19)5-7-16(12)25-11-18(22)21-20-10-13-4-6-15(23-2)9-17(13)24-3/h4-10H,11H2,1-3H3,(H,21,22). The molecule has 0 saturated carbocycles. The summed E-state index contributed by atoms with van der Waals surface area (Å²) in [5.74, 6) is 1.48. The molecule has 1 amide bonds.